The molecule has 0 unspecified atom stereocenters. The zero-order chi connectivity index (χ0) is 14.6. The summed E-state index contributed by atoms with van der Waals surface area (Å²) in [5, 5.41) is 3.22. The van der Waals surface area contributed by atoms with Crippen molar-refractivity contribution < 1.29 is 8.42 Å². The van der Waals surface area contributed by atoms with Crippen LogP contribution in [0, 0.1) is 0 Å². The maximum absolute atomic E-state index is 11.6. The molecule has 0 spiro atoms. The summed E-state index contributed by atoms with van der Waals surface area (Å²) in [5.74, 6) is 0. The van der Waals surface area contributed by atoms with E-state index in [9.17, 15) is 8.42 Å². The molecule has 5 nitrogen and oxygen atoms in total. The average Bonchev–Trinajstić information content (AvgIpc) is 2.48. The van der Waals surface area contributed by atoms with Gasteiger partial charge in [-0.05, 0) is 42.9 Å². The van der Waals surface area contributed by atoms with E-state index in [2.05, 4.69) is 10.0 Å². The molecule has 0 fully saturated rings. The molecule has 0 saturated heterocycles. The van der Waals surface area contributed by atoms with Crippen molar-refractivity contribution in [2.24, 2.45) is 5.73 Å². The van der Waals surface area contributed by atoms with Crippen molar-refractivity contribution >= 4 is 21.4 Å². The number of hydrogen-bond acceptors (Lipinski definition) is 4. The molecule has 2 aromatic carbocycles. The summed E-state index contributed by atoms with van der Waals surface area (Å²) < 4.78 is 25.5. The lowest BCUT2D eigenvalue weighted by Crippen LogP contribution is -2.18. The SMILES string of the molecule is CNS(=O)(=O)c1ccc(Nc2ccccc2CN)cc1. The van der Waals surface area contributed by atoms with Crippen LogP contribution in [0.4, 0.5) is 11.4 Å². The zero-order valence-corrected chi connectivity index (χ0v) is 11.9. The molecule has 106 valence electrons. The quantitative estimate of drug-likeness (QED) is 0.784. The maximum atomic E-state index is 11.6. The number of anilines is 2. The molecule has 2 rings (SSSR count). The Labute approximate surface area is 118 Å². The Morgan fingerprint density at radius 2 is 1.70 bits per heavy atom. The van der Waals surface area contributed by atoms with E-state index < -0.39 is 10.0 Å². The Morgan fingerprint density at radius 3 is 2.30 bits per heavy atom. The molecule has 0 amide bonds. The lowest BCUT2D eigenvalue weighted by atomic mass is 10.1. The van der Waals surface area contributed by atoms with Gasteiger partial charge in [0.25, 0.3) is 0 Å². The van der Waals surface area contributed by atoms with E-state index >= 15 is 0 Å². The fourth-order valence-corrected chi connectivity index (χ4v) is 2.54. The van der Waals surface area contributed by atoms with Gasteiger partial charge in [0, 0.05) is 17.9 Å². The van der Waals surface area contributed by atoms with E-state index in [-0.39, 0.29) is 4.90 Å². The number of benzene rings is 2. The molecule has 0 radical (unpaired) electrons. The minimum absolute atomic E-state index is 0.234. The third-order valence-electron chi connectivity index (χ3n) is 2.95. The summed E-state index contributed by atoms with van der Waals surface area (Å²) in [6, 6.07) is 14.3. The number of nitrogens with two attached hydrogens (primary N) is 1. The van der Waals surface area contributed by atoms with Crippen LogP contribution in [0.5, 0.6) is 0 Å². The summed E-state index contributed by atoms with van der Waals surface area (Å²) >= 11 is 0. The molecule has 0 saturated carbocycles. The van der Waals surface area contributed by atoms with E-state index in [0.717, 1.165) is 16.9 Å². The summed E-state index contributed by atoms with van der Waals surface area (Å²) in [7, 11) is -2.01. The standard InChI is InChI=1S/C14H17N3O2S/c1-16-20(18,19)13-8-6-12(7-9-13)17-14-5-3-2-4-11(14)10-15/h2-9,16-17H,10,15H2,1H3. The highest BCUT2D eigenvalue weighted by molar-refractivity contribution is 7.89. The van der Waals surface area contributed by atoms with E-state index in [1.165, 1.54) is 7.05 Å². The van der Waals surface area contributed by atoms with Gasteiger partial charge < -0.3 is 11.1 Å². The molecule has 6 heteroatoms. The van der Waals surface area contributed by atoms with Crippen LogP contribution in [-0.4, -0.2) is 15.5 Å². The first-order chi connectivity index (χ1) is 9.56. The number of nitrogens with one attached hydrogen (secondary N) is 2. The predicted molar refractivity (Wildman–Crippen MR) is 80.3 cm³/mol. The van der Waals surface area contributed by atoms with Crippen molar-refractivity contribution in [2.75, 3.05) is 12.4 Å². The van der Waals surface area contributed by atoms with Gasteiger partial charge in [-0.3, -0.25) is 0 Å². The second-order valence-electron chi connectivity index (χ2n) is 4.22. The third-order valence-corrected chi connectivity index (χ3v) is 4.38. The molecule has 0 aliphatic heterocycles. The first kappa shape index (κ1) is 14.5. The summed E-state index contributed by atoms with van der Waals surface area (Å²) in [6.45, 7) is 0.440. The Bertz CT molecular complexity index is 682. The minimum atomic E-state index is -3.40. The highest BCUT2D eigenvalue weighted by Crippen LogP contribution is 2.21. The number of para-hydroxylation sites is 1. The van der Waals surface area contributed by atoms with Crippen LogP contribution in [0.25, 0.3) is 0 Å². The minimum Gasteiger partial charge on any atom is -0.355 e. The molecular weight excluding hydrogens is 274 g/mol. The smallest absolute Gasteiger partial charge is 0.240 e. The fraction of sp³-hybridized carbons (Fsp3) is 0.143. The molecular formula is C14H17N3O2S. The highest BCUT2D eigenvalue weighted by atomic mass is 32.2. The molecule has 0 atom stereocenters. The predicted octanol–water partition coefficient (Wildman–Crippen LogP) is 1.80. The van der Waals surface area contributed by atoms with Crippen LogP contribution < -0.4 is 15.8 Å². The van der Waals surface area contributed by atoms with E-state index in [0.29, 0.717) is 6.54 Å². The van der Waals surface area contributed by atoms with Crippen molar-refractivity contribution in [2.45, 2.75) is 11.4 Å². The number of sulfonamides is 1. The second kappa shape index (κ2) is 6.04. The van der Waals surface area contributed by atoms with Crippen LogP contribution >= 0.6 is 0 Å². The maximum Gasteiger partial charge on any atom is 0.240 e. The normalized spacial score (nSPS) is 11.3. The summed E-state index contributed by atoms with van der Waals surface area (Å²) in [4.78, 5) is 0.234. The van der Waals surface area contributed by atoms with Crippen LogP contribution in [0.1, 0.15) is 5.56 Å². The van der Waals surface area contributed by atoms with Gasteiger partial charge in [0.1, 0.15) is 0 Å². The molecule has 0 heterocycles. The average molecular weight is 291 g/mol. The van der Waals surface area contributed by atoms with E-state index in [1.54, 1.807) is 24.3 Å². The van der Waals surface area contributed by atoms with Gasteiger partial charge in [0.2, 0.25) is 10.0 Å². The fourth-order valence-electron chi connectivity index (χ4n) is 1.81. The van der Waals surface area contributed by atoms with Gasteiger partial charge in [0.15, 0.2) is 0 Å². The lowest BCUT2D eigenvalue weighted by Gasteiger charge is -2.11. The summed E-state index contributed by atoms with van der Waals surface area (Å²) in [5.41, 5.74) is 8.40. The topological polar surface area (TPSA) is 84.2 Å². The lowest BCUT2D eigenvalue weighted by molar-refractivity contribution is 0.588. The first-order valence-electron chi connectivity index (χ1n) is 6.15. The Hall–Kier alpha value is -1.89. The first-order valence-corrected chi connectivity index (χ1v) is 7.64. The van der Waals surface area contributed by atoms with Gasteiger partial charge in [0.05, 0.1) is 4.90 Å². The molecule has 4 N–H and O–H groups in total. The highest BCUT2D eigenvalue weighted by Gasteiger charge is 2.10. The van der Waals surface area contributed by atoms with Crippen LogP contribution in [0.3, 0.4) is 0 Å². The largest absolute Gasteiger partial charge is 0.355 e. The van der Waals surface area contributed by atoms with Crippen LogP contribution in [0.15, 0.2) is 53.4 Å². The monoisotopic (exact) mass is 291 g/mol. The van der Waals surface area contributed by atoms with Crippen LogP contribution in [0.2, 0.25) is 0 Å². The molecule has 0 bridgehead atoms. The van der Waals surface area contributed by atoms with Gasteiger partial charge in [-0.25, -0.2) is 13.1 Å². The van der Waals surface area contributed by atoms with Crippen molar-refractivity contribution in [1.29, 1.82) is 0 Å². The zero-order valence-electron chi connectivity index (χ0n) is 11.1. The van der Waals surface area contributed by atoms with E-state index in [4.69, 9.17) is 5.73 Å². The molecule has 0 aliphatic rings. The number of rotatable bonds is 5. The van der Waals surface area contributed by atoms with E-state index in [1.807, 2.05) is 24.3 Å². The molecule has 20 heavy (non-hydrogen) atoms. The van der Waals surface area contributed by atoms with Gasteiger partial charge >= 0.3 is 0 Å². The van der Waals surface area contributed by atoms with Crippen molar-refractivity contribution in [3.05, 3.63) is 54.1 Å². The van der Waals surface area contributed by atoms with Crippen molar-refractivity contribution in [3.8, 4) is 0 Å². The van der Waals surface area contributed by atoms with Crippen molar-refractivity contribution in [3.63, 3.8) is 0 Å². The Kier molecular flexibility index (Phi) is 4.39. The summed E-state index contributed by atoms with van der Waals surface area (Å²) in [6.07, 6.45) is 0. The Morgan fingerprint density at radius 1 is 1.05 bits per heavy atom. The molecule has 0 aromatic heterocycles. The van der Waals surface area contributed by atoms with Gasteiger partial charge in [-0.1, -0.05) is 18.2 Å². The third kappa shape index (κ3) is 3.16. The number of hydrogen-bond donors (Lipinski definition) is 3. The van der Waals surface area contributed by atoms with Gasteiger partial charge in [-0.2, -0.15) is 0 Å². The second-order valence-corrected chi connectivity index (χ2v) is 6.10. The Balaban J connectivity index is 2.23. The molecule has 2 aromatic rings. The molecule has 0 aliphatic carbocycles. The van der Waals surface area contributed by atoms with Gasteiger partial charge in [-0.15, -0.1) is 0 Å². The van der Waals surface area contributed by atoms with Crippen LogP contribution in [-0.2, 0) is 16.6 Å². The van der Waals surface area contributed by atoms with Crippen molar-refractivity contribution in [1.82, 2.24) is 4.72 Å².